The summed E-state index contributed by atoms with van der Waals surface area (Å²) < 4.78 is 0. The lowest BCUT2D eigenvalue weighted by molar-refractivity contribution is 0.0618. The number of aromatic nitrogens is 1. The SMILES string of the molecule is NCC1CCCCN1C(=O)c1cc(Cl)c(Cl)[nH]1. The van der Waals surface area contributed by atoms with Gasteiger partial charge in [0.15, 0.2) is 0 Å². The number of nitrogens with one attached hydrogen (secondary N) is 1. The lowest BCUT2D eigenvalue weighted by Crippen LogP contribution is -2.47. The van der Waals surface area contributed by atoms with Crippen molar-refractivity contribution in [2.24, 2.45) is 5.73 Å². The van der Waals surface area contributed by atoms with Crippen LogP contribution in [0.3, 0.4) is 0 Å². The number of nitrogens with zero attached hydrogens (tertiary/aromatic N) is 1. The molecule has 2 rings (SSSR count). The van der Waals surface area contributed by atoms with Gasteiger partial charge in [-0.3, -0.25) is 4.79 Å². The summed E-state index contributed by atoms with van der Waals surface area (Å²) in [5, 5.41) is 0.674. The molecule has 1 saturated heterocycles. The fourth-order valence-electron chi connectivity index (χ4n) is 2.19. The van der Waals surface area contributed by atoms with Crippen LogP contribution >= 0.6 is 23.2 Å². The van der Waals surface area contributed by atoms with Crippen LogP contribution in [0, 0.1) is 0 Å². The summed E-state index contributed by atoms with van der Waals surface area (Å²) in [5.74, 6) is -0.0750. The van der Waals surface area contributed by atoms with E-state index in [4.69, 9.17) is 28.9 Å². The van der Waals surface area contributed by atoms with E-state index < -0.39 is 0 Å². The molecule has 1 aliphatic rings. The summed E-state index contributed by atoms with van der Waals surface area (Å²) in [5.41, 5.74) is 6.12. The van der Waals surface area contributed by atoms with Gasteiger partial charge in [-0.1, -0.05) is 23.2 Å². The molecule has 94 valence electrons. The van der Waals surface area contributed by atoms with Crippen molar-refractivity contribution in [3.05, 3.63) is 21.9 Å². The Morgan fingerprint density at radius 3 is 2.88 bits per heavy atom. The Morgan fingerprint density at radius 1 is 1.53 bits per heavy atom. The molecule has 1 aromatic rings. The molecule has 1 amide bonds. The van der Waals surface area contributed by atoms with Crippen molar-refractivity contribution in [3.63, 3.8) is 0 Å². The van der Waals surface area contributed by atoms with Crippen LogP contribution in [-0.2, 0) is 0 Å². The fraction of sp³-hybridized carbons (Fsp3) is 0.545. The maximum Gasteiger partial charge on any atom is 0.270 e. The van der Waals surface area contributed by atoms with E-state index in [9.17, 15) is 4.79 Å². The van der Waals surface area contributed by atoms with Crippen LogP contribution in [0.1, 0.15) is 29.8 Å². The van der Waals surface area contributed by atoms with Gasteiger partial charge in [0.25, 0.3) is 5.91 Å². The highest BCUT2D eigenvalue weighted by atomic mass is 35.5. The first-order chi connectivity index (χ1) is 8.13. The Kier molecular flexibility index (Phi) is 3.97. The summed E-state index contributed by atoms with van der Waals surface area (Å²) in [7, 11) is 0. The van der Waals surface area contributed by atoms with Gasteiger partial charge in [-0.25, -0.2) is 0 Å². The molecule has 3 N–H and O–H groups in total. The third-order valence-corrected chi connectivity index (χ3v) is 3.81. The quantitative estimate of drug-likeness (QED) is 0.870. The van der Waals surface area contributed by atoms with Gasteiger partial charge in [-0.15, -0.1) is 0 Å². The molecule has 1 aliphatic heterocycles. The molecule has 0 bridgehead atoms. The van der Waals surface area contributed by atoms with E-state index in [-0.39, 0.29) is 11.9 Å². The van der Waals surface area contributed by atoms with Gasteiger partial charge in [0.1, 0.15) is 10.8 Å². The van der Waals surface area contributed by atoms with Crippen molar-refractivity contribution < 1.29 is 4.79 Å². The average Bonchev–Trinajstić information content (AvgIpc) is 2.68. The summed E-state index contributed by atoms with van der Waals surface area (Å²) >= 11 is 11.6. The number of H-pyrrole nitrogens is 1. The Labute approximate surface area is 110 Å². The first-order valence-electron chi connectivity index (χ1n) is 5.68. The van der Waals surface area contributed by atoms with Gasteiger partial charge < -0.3 is 15.6 Å². The van der Waals surface area contributed by atoms with Crippen LogP contribution in [0.2, 0.25) is 10.2 Å². The topological polar surface area (TPSA) is 62.1 Å². The van der Waals surface area contributed by atoms with Gasteiger partial charge >= 0.3 is 0 Å². The van der Waals surface area contributed by atoms with Gasteiger partial charge in [0, 0.05) is 19.1 Å². The third-order valence-electron chi connectivity index (χ3n) is 3.12. The number of halogens is 2. The highest BCUT2D eigenvalue weighted by Crippen LogP contribution is 2.24. The van der Waals surface area contributed by atoms with E-state index in [0.717, 1.165) is 25.8 Å². The predicted molar refractivity (Wildman–Crippen MR) is 68.5 cm³/mol. The Bertz CT molecular complexity index is 399. The molecule has 0 spiro atoms. The van der Waals surface area contributed by atoms with Crippen LogP contribution in [0.25, 0.3) is 0 Å². The lowest BCUT2D eigenvalue weighted by Gasteiger charge is -2.34. The maximum atomic E-state index is 12.3. The first-order valence-corrected chi connectivity index (χ1v) is 6.44. The minimum Gasteiger partial charge on any atom is -0.340 e. The number of amides is 1. The second-order valence-corrected chi connectivity index (χ2v) is 5.01. The van der Waals surface area contributed by atoms with Gasteiger partial charge in [-0.05, 0) is 25.3 Å². The van der Waals surface area contributed by atoms with Crippen molar-refractivity contribution in [1.29, 1.82) is 0 Å². The molecule has 0 aromatic carbocycles. The third kappa shape index (κ3) is 2.59. The van der Waals surface area contributed by atoms with E-state index in [1.165, 1.54) is 0 Å². The molecule has 1 fully saturated rings. The normalized spacial score (nSPS) is 20.6. The van der Waals surface area contributed by atoms with Gasteiger partial charge in [0.2, 0.25) is 0 Å². The fourth-order valence-corrected chi connectivity index (χ4v) is 2.50. The van der Waals surface area contributed by atoms with Crippen molar-refractivity contribution in [1.82, 2.24) is 9.88 Å². The summed E-state index contributed by atoms with van der Waals surface area (Å²) in [6.45, 7) is 1.24. The van der Waals surface area contributed by atoms with Crippen LogP contribution < -0.4 is 5.73 Å². The zero-order chi connectivity index (χ0) is 12.4. The minimum atomic E-state index is -0.0750. The Hall–Kier alpha value is -0.710. The Balaban J connectivity index is 2.18. The van der Waals surface area contributed by atoms with Crippen molar-refractivity contribution in [2.75, 3.05) is 13.1 Å². The van der Waals surface area contributed by atoms with E-state index in [2.05, 4.69) is 4.98 Å². The molecule has 0 saturated carbocycles. The average molecular weight is 276 g/mol. The molecular weight excluding hydrogens is 261 g/mol. The highest BCUT2D eigenvalue weighted by molar-refractivity contribution is 6.41. The van der Waals surface area contributed by atoms with Crippen LogP contribution in [0.15, 0.2) is 6.07 Å². The van der Waals surface area contributed by atoms with Crippen LogP contribution in [0.4, 0.5) is 0 Å². The Morgan fingerprint density at radius 2 is 2.29 bits per heavy atom. The van der Waals surface area contributed by atoms with E-state index in [1.54, 1.807) is 6.07 Å². The smallest absolute Gasteiger partial charge is 0.270 e. The lowest BCUT2D eigenvalue weighted by atomic mass is 10.0. The number of piperidine rings is 1. The number of carbonyl (C=O) groups is 1. The molecule has 17 heavy (non-hydrogen) atoms. The molecule has 1 atom stereocenters. The first kappa shape index (κ1) is 12.7. The van der Waals surface area contributed by atoms with Crippen molar-refractivity contribution in [2.45, 2.75) is 25.3 Å². The molecule has 0 aliphatic carbocycles. The monoisotopic (exact) mass is 275 g/mol. The number of hydrogen-bond acceptors (Lipinski definition) is 2. The number of likely N-dealkylation sites (tertiary alicyclic amines) is 1. The van der Waals surface area contributed by atoms with Crippen molar-refractivity contribution in [3.8, 4) is 0 Å². The molecule has 0 radical (unpaired) electrons. The van der Waals surface area contributed by atoms with E-state index >= 15 is 0 Å². The zero-order valence-electron chi connectivity index (χ0n) is 9.38. The minimum absolute atomic E-state index is 0.0750. The van der Waals surface area contributed by atoms with E-state index in [0.29, 0.717) is 22.4 Å². The highest BCUT2D eigenvalue weighted by Gasteiger charge is 2.27. The van der Waals surface area contributed by atoms with Gasteiger partial charge in [-0.2, -0.15) is 0 Å². The summed E-state index contributed by atoms with van der Waals surface area (Å²) in [4.78, 5) is 16.9. The second-order valence-electron chi connectivity index (χ2n) is 4.23. The molecule has 1 aromatic heterocycles. The summed E-state index contributed by atoms with van der Waals surface area (Å²) in [6.07, 6.45) is 3.10. The zero-order valence-corrected chi connectivity index (χ0v) is 10.9. The maximum absolute atomic E-state index is 12.3. The number of nitrogens with two attached hydrogens (primary N) is 1. The molecule has 6 heteroatoms. The van der Waals surface area contributed by atoms with Crippen LogP contribution in [-0.4, -0.2) is 34.9 Å². The summed E-state index contributed by atoms with van der Waals surface area (Å²) in [6, 6.07) is 1.69. The second kappa shape index (κ2) is 5.29. The molecule has 1 unspecified atom stereocenters. The largest absolute Gasteiger partial charge is 0.340 e. The molecule has 4 nitrogen and oxygen atoms in total. The van der Waals surface area contributed by atoms with E-state index in [1.807, 2.05) is 4.90 Å². The number of rotatable bonds is 2. The number of carbonyl (C=O) groups excluding carboxylic acids is 1. The number of aromatic amines is 1. The molecule has 2 heterocycles. The van der Waals surface area contributed by atoms with Gasteiger partial charge in [0.05, 0.1) is 5.02 Å². The molecular formula is C11H15Cl2N3O. The van der Waals surface area contributed by atoms with Crippen molar-refractivity contribution >= 4 is 29.1 Å². The predicted octanol–water partition coefficient (Wildman–Crippen LogP) is 2.27. The number of hydrogen-bond donors (Lipinski definition) is 2. The standard InChI is InChI=1S/C11H15Cl2N3O/c12-8-5-9(15-10(8)13)11(17)16-4-2-1-3-7(16)6-14/h5,7,15H,1-4,6,14H2. The van der Waals surface area contributed by atoms with Crippen LogP contribution in [0.5, 0.6) is 0 Å².